The molecule has 1 N–H and O–H groups in total. The monoisotopic (exact) mass is 264 g/mol. The van der Waals surface area contributed by atoms with Gasteiger partial charge in [0.2, 0.25) is 0 Å². The van der Waals surface area contributed by atoms with Crippen LogP contribution in [0.2, 0.25) is 0 Å². The Labute approximate surface area is 110 Å². The summed E-state index contributed by atoms with van der Waals surface area (Å²) in [5.74, 6) is -0.473. The Morgan fingerprint density at radius 2 is 2.05 bits per heavy atom. The number of benzene rings is 1. The number of nitrogens with zero attached hydrogens (tertiary/aromatic N) is 1. The van der Waals surface area contributed by atoms with Crippen LogP contribution in [-0.4, -0.2) is 19.1 Å². The van der Waals surface area contributed by atoms with Gasteiger partial charge in [0.15, 0.2) is 0 Å². The molecule has 1 atom stereocenters. The number of ether oxygens (including phenoxy) is 1. The third-order valence-electron chi connectivity index (χ3n) is 2.87. The summed E-state index contributed by atoms with van der Waals surface area (Å²) in [4.78, 5) is 3.79. The quantitative estimate of drug-likeness (QED) is 0.922. The van der Waals surface area contributed by atoms with Crippen LogP contribution in [0.3, 0.4) is 0 Å². The van der Waals surface area contributed by atoms with E-state index >= 15 is 0 Å². The van der Waals surface area contributed by atoms with Gasteiger partial charge in [-0.3, -0.25) is 4.98 Å². The second kappa shape index (κ2) is 5.75. The summed E-state index contributed by atoms with van der Waals surface area (Å²) in [5, 5.41) is 2.95. The van der Waals surface area contributed by atoms with E-state index in [0.29, 0.717) is 16.9 Å². The van der Waals surface area contributed by atoms with Crippen molar-refractivity contribution in [3.05, 3.63) is 59.4 Å². The number of methoxy groups -OCH3 is 1. The van der Waals surface area contributed by atoms with Gasteiger partial charge in [-0.1, -0.05) is 6.07 Å². The van der Waals surface area contributed by atoms with Gasteiger partial charge < -0.3 is 10.1 Å². The van der Waals surface area contributed by atoms with Gasteiger partial charge in [-0.25, -0.2) is 8.78 Å². The van der Waals surface area contributed by atoms with Crippen LogP contribution in [0.25, 0.3) is 0 Å². The average Bonchev–Trinajstić information content (AvgIpc) is 2.41. The van der Waals surface area contributed by atoms with Crippen molar-refractivity contribution < 1.29 is 13.5 Å². The third kappa shape index (κ3) is 2.71. The first kappa shape index (κ1) is 13.4. The number of hydrogen-bond donors (Lipinski definition) is 1. The predicted molar refractivity (Wildman–Crippen MR) is 68.0 cm³/mol. The lowest BCUT2D eigenvalue weighted by Gasteiger charge is -2.20. The van der Waals surface area contributed by atoms with E-state index in [4.69, 9.17) is 4.74 Å². The van der Waals surface area contributed by atoms with Crippen molar-refractivity contribution in [1.29, 1.82) is 0 Å². The van der Waals surface area contributed by atoms with Crippen LogP contribution in [0.4, 0.5) is 8.78 Å². The van der Waals surface area contributed by atoms with E-state index in [-0.39, 0.29) is 0 Å². The fourth-order valence-corrected chi connectivity index (χ4v) is 2.04. The van der Waals surface area contributed by atoms with E-state index in [1.165, 1.54) is 25.4 Å². The first-order chi connectivity index (χ1) is 9.17. The van der Waals surface area contributed by atoms with Crippen molar-refractivity contribution in [2.24, 2.45) is 0 Å². The van der Waals surface area contributed by atoms with Crippen molar-refractivity contribution >= 4 is 0 Å². The molecular formula is C14H14F2N2O. The van der Waals surface area contributed by atoms with Crippen molar-refractivity contribution in [3.63, 3.8) is 0 Å². The average molecular weight is 264 g/mol. The van der Waals surface area contributed by atoms with E-state index in [1.807, 2.05) is 0 Å². The highest BCUT2D eigenvalue weighted by Gasteiger charge is 2.21. The van der Waals surface area contributed by atoms with Crippen molar-refractivity contribution in [2.75, 3.05) is 14.2 Å². The smallest absolute Gasteiger partial charge is 0.141 e. The molecule has 5 heteroatoms. The zero-order valence-corrected chi connectivity index (χ0v) is 10.7. The summed E-state index contributed by atoms with van der Waals surface area (Å²) in [6.07, 6.45) is 2.60. The van der Waals surface area contributed by atoms with Crippen LogP contribution in [0.1, 0.15) is 17.2 Å². The number of nitrogens with one attached hydrogen (secondary N) is 1. The van der Waals surface area contributed by atoms with Gasteiger partial charge in [-0.15, -0.1) is 0 Å². The molecule has 0 saturated carbocycles. The molecule has 1 aromatic heterocycles. The molecule has 2 aromatic rings. The van der Waals surface area contributed by atoms with Gasteiger partial charge in [-0.2, -0.15) is 0 Å². The first-order valence-electron chi connectivity index (χ1n) is 5.77. The van der Waals surface area contributed by atoms with E-state index in [1.54, 1.807) is 19.2 Å². The van der Waals surface area contributed by atoms with Crippen LogP contribution >= 0.6 is 0 Å². The maximum atomic E-state index is 14.0. The fraction of sp³-hybridized carbons (Fsp3) is 0.214. The second-order valence-electron chi connectivity index (χ2n) is 4.01. The molecule has 19 heavy (non-hydrogen) atoms. The van der Waals surface area contributed by atoms with Crippen molar-refractivity contribution in [2.45, 2.75) is 6.04 Å². The summed E-state index contributed by atoms with van der Waals surface area (Å²) in [6.45, 7) is 0. The maximum Gasteiger partial charge on any atom is 0.141 e. The molecule has 0 amide bonds. The minimum atomic E-state index is -0.528. The molecule has 0 radical (unpaired) electrons. The molecule has 0 fully saturated rings. The van der Waals surface area contributed by atoms with Crippen LogP contribution in [0.15, 0.2) is 36.7 Å². The second-order valence-corrected chi connectivity index (χ2v) is 4.01. The lowest BCUT2D eigenvalue weighted by molar-refractivity contribution is 0.398. The maximum absolute atomic E-state index is 14.0. The Kier molecular flexibility index (Phi) is 4.06. The van der Waals surface area contributed by atoms with Crippen molar-refractivity contribution in [1.82, 2.24) is 10.3 Å². The topological polar surface area (TPSA) is 34.2 Å². The Morgan fingerprint density at radius 3 is 2.68 bits per heavy atom. The summed E-state index contributed by atoms with van der Waals surface area (Å²) in [5.41, 5.74) is 0.866. The third-order valence-corrected chi connectivity index (χ3v) is 2.87. The van der Waals surface area contributed by atoms with Crippen LogP contribution < -0.4 is 10.1 Å². The van der Waals surface area contributed by atoms with E-state index in [9.17, 15) is 8.78 Å². The molecule has 1 aromatic carbocycles. The molecule has 0 aliphatic heterocycles. The van der Waals surface area contributed by atoms with E-state index in [0.717, 1.165) is 6.20 Å². The molecular weight excluding hydrogens is 250 g/mol. The largest absolute Gasteiger partial charge is 0.496 e. The molecule has 1 heterocycles. The van der Waals surface area contributed by atoms with Gasteiger partial charge in [-0.05, 0) is 30.8 Å². The number of rotatable bonds is 4. The van der Waals surface area contributed by atoms with Gasteiger partial charge in [0.1, 0.15) is 17.4 Å². The molecule has 0 aliphatic rings. The highest BCUT2D eigenvalue weighted by Crippen LogP contribution is 2.31. The number of halogens is 2. The van der Waals surface area contributed by atoms with Gasteiger partial charge in [0.05, 0.1) is 24.9 Å². The highest BCUT2D eigenvalue weighted by atomic mass is 19.1. The summed E-state index contributed by atoms with van der Waals surface area (Å²) < 4.78 is 32.4. The fourth-order valence-electron chi connectivity index (χ4n) is 2.04. The standard InChI is InChI=1S/C14H14F2N2O/c1-17-14(9-6-10(15)8-18-7-9)13-11(16)4-3-5-12(13)19-2/h3-8,14,17H,1-2H3. The summed E-state index contributed by atoms with van der Waals surface area (Å²) >= 11 is 0. The molecule has 2 rings (SSSR count). The molecule has 100 valence electrons. The molecule has 3 nitrogen and oxygen atoms in total. The van der Waals surface area contributed by atoms with Gasteiger partial charge >= 0.3 is 0 Å². The lowest BCUT2D eigenvalue weighted by atomic mass is 9.98. The summed E-state index contributed by atoms with van der Waals surface area (Å²) in [6, 6.07) is 5.36. The molecule has 0 bridgehead atoms. The first-order valence-corrected chi connectivity index (χ1v) is 5.77. The zero-order chi connectivity index (χ0) is 13.8. The lowest BCUT2D eigenvalue weighted by Crippen LogP contribution is -2.20. The molecule has 0 aliphatic carbocycles. The van der Waals surface area contributed by atoms with Gasteiger partial charge in [0.25, 0.3) is 0 Å². The summed E-state index contributed by atoms with van der Waals surface area (Å²) in [7, 11) is 3.14. The highest BCUT2D eigenvalue weighted by molar-refractivity contribution is 5.42. The normalized spacial score (nSPS) is 12.2. The Balaban J connectivity index is 2.54. The van der Waals surface area contributed by atoms with Crippen molar-refractivity contribution in [3.8, 4) is 5.75 Å². The van der Waals surface area contributed by atoms with E-state index < -0.39 is 17.7 Å². The zero-order valence-electron chi connectivity index (χ0n) is 10.7. The van der Waals surface area contributed by atoms with Crippen LogP contribution in [0.5, 0.6) is 5.75 Å². The number of aromatic nitrogens is 1. The minimum absolute atomic E-state index is 0.333. The number of pyridine rings is 1. The Morgan fingerprint density at radius 1 is 1.26 bits per heavy atom. The molecule has 0 saturated heterocycles. The van der Waals surface area contributed by atoms with Crippen LogP contribution in [-0.2, 0) is 0 Å². The minimum Gasteiger partial charge on any atom is -0.496 e. The molecule has 1 unspecified atom stereocenters. The van der Waals surface area contributed by atoms with Crippen LogP contribution in [0, 0.1) is 11.6 Å². The van der Waals surface area contributed by atoms with E-state index in [2.05, 4.69) is 10.3 Å². The molecule has 0 spiro atoms. The predicted octanol–water partition coefficient (Wildman–Crippen LogP) is 2.68. The number of hydrogen-bond acceptors (Lipinski definition) is 3. The van der Waals surface area contributed by atoms with Gasteiger partial charge in [0, 0.05) is 6.20 Å². The Bertz CT molecular complexity index is 575. The SMILES string of the molecule is CNC(c1cncc(F)c1)c1c(F)cccc1OC. The Hall–Kier alpha value is -2.01.